The predicted octanol–water partition coefficient (Wildman–Crippen LogP) is 1.40. The van der Waals surface area contributed by atoms with Gasteiger partial charge >= 0.3 is 12.0 Å². The minimum absolute atomic E-state index is 0.0136. The van der Waals surface area contributed by atoms with Gasteiger partial charge in [0.05, 0.1) is 18.6 Å². The molecule has 2 unspecified atom stereocenters. The van der Waals surface area contributed by atoms with Gasteiger partial charge in [-0.15, -0.1) is 0 Å². The first-order valence-electron chi connectivity index (χ1n) is 6.74. The monoisotopic (exact) mass is 272 g/mol. The highest BCUT2D eigenvalue weighted by molar-refractivity contribution is 5.76. The first-order chi connectivity index (χ1) is 8.81. The van der Waals surface area contributed by atoms with E-state index in [-0.39, 0.29) is 37.2 Å². The van der Waals surface area contributed by atoms with E-state index in [1.54, 1.807) is 9.80 Å². The standard InChI is InChI=1S/C13H24N2O4/c1-9(2)15(6-5-12(16)17)13(18)14-7-10(3)19-11(4)8-14/h9-11H,5-8H2,1-4H3,(H,16,17). The number of hydrogen-bond donors (Lipinski definition) is 1. The van der Waals surface area contributed by atoms with Crippen molar-refractivity contribution in [3.8, 4) is 0 Å². The van der Waals surface area contributed by atoms with Crippen molar-refractivity contribution in [2.24, 2.45) is 0 Å². The Hall–Kier alpha value is -1.30. The van der Waals surface area contributed by atoms with Crippen molar-refractivity contribution < 1.29 is 19.4 Å². The van der Waals surface area contributed by atoms with Crippen molar-refractivity contribution in [2.45, 2.75) is 52.4 Å². The fourth-order valence-corrected chi connectivity index (χ4v) is 2.31. The molecule has 1 saturated heterocycles. The number of aliphatic carboxylic acids is 1. The second kappa shape index (κ2) is 6.75. The third kappa shape index (κ3) is 4.70. The van der Waals surface area contributed by atoms with Crippen molar-refractivity contribution in [3.63, 3.8) is 0 Å². The molecule has 0 aromatic carbocycles. The number of rotatable bonds is 4. The summed E-state index contributed by atoms with van der Waals surface area (Å²) in [5.74, 6) is -0.887. The molecule has 6 heteroatoms. The van der Waals surface area contributed by atoms with Crippen molar-refractivity contribution in [1.29, 1.82) is 0 Å². The summed E-state index contributed by atoms with van der Waals surface area (Å²) in [6.07, 6.45) is 0.00157. The molecule has 0 saturated carbocycles. The molecule has 2 atom stereocenters. The first-order valence-corrected chi connectivity index (χ1v) is 6.74. The molecule has 1 aliphatic rings. The van der Waals surface area contributed by atoms with E-state index in [1.807, 2.05) is 27.7 Å². The van der Waals surface area contributed by atoms with Crippen LogP contribution in [-0.4, -0.2) is 64.8 Å². The van der Waals surface area contributed by atoms with Crippen molar-refractivity contribution in [1.82, 2.24) is 9.80 Å². The lowest BCUT2D eigenvalue weighted by Gasteiger charge is -2.39. The van der Waals surface area contributed by atoms with Crippen molar-refractivity contribution in [2.75, 3.05) is 19.6 Å². The van der Waals surface area contributed by atoms with Crippen molar-refractivity contribution >= 4 is 12.0 Å². The SMILES string of the molecule is CC1CN(C(=O)N(CCC(=O)O)C(C)C)CC(C)O1. The van der Waals surface area contributed by atoms with Crippen LogP contribution < -0.4 is 0 Å². The van der Waals surface area contributed by atoms with Gasteiger partial charge in [-0.05, 0) is 27.7 Å². The number of amides is 2. The molecule has 0 bridgehead atoms. The molecule has 0 aromatic rings. The van der Waals surface area contributed by atoms with E-state index in [2.05, 4.69) is 0 Å². The van der Waals surface area contributed by atoms with Crippen LogP contribution in [0.5, 0.6) is 0 Å². The van der Waals surface area contributed by atoms with Gasteiger partial charge in [0.15, 0.2) is 0 Å². The lowest BCUT2D eigenvalue weighted by Crippen LogP contribution is -2.54. The minimum atomic E-state index is -0.887. The zero-order valence-electron chi connectivity index (χ0n) is 12.1. The summed E-state index contributed by atoms with van der Waals surface area (Å²) in [6, 6.07) is -0.112. The minimum Gasteiger partial charge on any atom is -0.481 e. The molecule has 1 heterocycles. The summed E-state index contributed by atoms with van der Waals surface area (Å²) in [6.45, 7) is 9.02. The zero-order valence-corrected chi connectivity index (χ0v) is 12.1. The number of hydrogen-bond acceptors (Lipinski definition) is 3. The van der Waals surface area contributed by atoms with Crippen LogP contribution in [-0.2, 0) is 9.53 Å². The van der Waals surface area contributed by atoms with E-state index >= 15 is 0 Å². The smallest absolute Gasteiger partial charge is 0.320 e. The second-order valence-corrected chi connectivity index (χ2v) is 5.38. The van der Waals surface area contributed by atoms with E-state index < -0.39 is 5.97 Å². The molecule has 1 fully saturated rings. The fraction of sp³-hybridized carbons (Fsp3) is 0.846. The molecule has 2 amide bonds. The van der Waals surface area contributed by atoms with Crippen LogP contribution in [0.3, 0.4) is 0 Å². The Labute approximate surface area is 114 Å². The average molecular weight is 272 g/mol. The summed E-state index contributed by atoms with van der Waals surface area (Å²) in [5.41, 5.74) is 0. The number of urea groups is 1. The lowest BCUT2D eigenvalue weighted by molar-refractivity contribution is -0.137. The van der Waals surface area contributed by atoms with Crippen LogP contribution in [0.1, 0.15) is 34.1 Å². The number of ether oxygens (including phenoxy) is 1. The maximum Gasteiger partial charge on any atom is 0.320 e. The zero-order chi connectivity index (χ0) is 14.6. The third-order valence-electron chi connectivity index (χ3n) is 3.13. The highest BCUT2D eigenvalue weighted by Gasteiger charge is 2.30. The maximum atomic E-state index is 12.4. The van der Waals surface area contributed by atoms with Gasteiger partial charge in [0.2, 0.25) is 0 Å². The van der Waals surface area contributed by atoms with E-state index in [9.17, 15) is 9.59 Å². The number of carbonyl (C=O) groups excluding carboxylic acids is 1. The van der Waals surface area contributed by atoms with Gasteiger partial charge in [-0.3, -0.25) is 4.79 Å². The molecule has 1 N–H and O–H groups in total. The van der Waals surface area contributed by atoms with E-state index in [0.717, 1.165) is 0 Å². The van der Waals surface area contributed by atoms with E-state index in [4.69, 9.17) is 9.84 Å². The van der Waals surface area contributed by atoms with Crippen LogP contribution >= 0.6 is 0 Å². The number of carbonyl (C=O) groups is 2. The Morgan fingerprint density at radius 3 is 2.26 bits per heavy atom. The highest BCUT2D eigenvalue weighted by atomic mass is 16.5. The summed E-state index contributed by atoms with van der Waals surface area (Å²) in [7, 11) is 0. The molecule has 6 nitrogen and oxygen atoms in total. The Bertz CT molecular complexity index is 323. The molecule has 0 aliphatic carbocycles. The first kappa shape index (κ1) is 15.8. The van der Waals surface area contributed by atoms with Gasteiger partial charge in [0.1, 0.15) is 0 Å². The van der Waals surface area contributed by atoms with Gasteiger partial charge in [-0.1, -0.05) is 0 Å². The Morgan fingerprint density at radius 2 is 1.84 bits per heavy atom. The van der Waals surface area contributed by atoms with Crippen LogP contribution in [0.4, 0.5) is 4.79 Å². The Balaban J connectivity index is 2.67. The molecule has 0 radical (unpaired) electrons. The normalized spacial score (nSPS) is 23.5. The Morgan fingerprint density at radius 1 is 1.32 bits per heavy atom. The highest BCUT2D eigenvalue weighted by Crippen LogP contribution is 2.14. The summed E-state index contributed by atoms with van der Waals surface area (Å²) in [4.78, 5) is 26.5. The topological polar surface area (TPSA) is 70.1 Å². The van der Waals surface area contributed by atoms with Gasteiger partial charge < -0.3 is 19.6 Å². The summed E-state index contributed by atoms with van der Waals surface area (Å²) < 4.78 is 5.60. The average Bonchev–Trinajstić information content (AvgIpc) is 2.26. The maximum absolute atomic E-state index is 12.4. The molecular weight excluding hydrogens is 248 g/mol. The largest absolute Gasteiger partial charge is 0.481 e. The number of nitrogens with zero attached hydrogens (tertiary/aromatic N) is 2. The lowest BCUT2D eigenvalue weighted by atomic mass is 10.2. The van der Waals surface area contributed by atoms with Gasteiger partial charge in [-0.25, -0.2) is 4.79 Å². The summed E-state index contributed by atoms with van der Waals surface area (Å²) in [5, 5.41) is 8.75. The number of carboxylic acid groups (broad SMARTS) is 1. The van der Waals surface area contributed by atoms with Gasteiger partial charge in [-0.2, -0.15) is 0 Å². The van der Waals surface area contributed by atoms with Crippen LogP contribution in [0.25, 0.3) is 0 Å². The molecule has 0 aromatic heterocycles. The Kier molecular flexibility index (Phi) is 5.60. The number of carboxylic acids is 1. The fourth-order valence-electron chi connectivity index (χ4n) is 2.31. The molecular formula is C13H24N2O4. The van der Waals surface area contributed by atoms with Crippen LogP contribution in [0.15, 0.2) is 0 Å². The van der Waals surface area contributed by atoms with E-state index in [1.165, 1.54) is 0 Å². The van der Waals surface area contributed by atoms with Crippen molar-refractivity contribution in [3.05, 3.63) is 0 Å². The van der Waals surface area contributed by atoms with Gasteiger partial charge in [0, 0.05) is 25.7 Å². The third-order valence-corrected chi connectivity index (χ3v) is 3.13. The quantitative estimate of drug-likeness (QED) is 0.840. The van der Waals surface area contributed by atoms with Gasteiger partial charge in [0.25, 0.3) is 0 Å². The molecule has 0 spiro atoms. The molecule has 110 valence electrons. The number of morpholine rings is 1. The predicted molar refractivity (Wildman–Crippen MR) is 71.1 cm³/mol. The molecule has 1 rings (SSSR count). The summed E-state index contributed by atoms with van der Waals surface area (Å²) >= 11 is 0. The van der Waals surface area contributed by atoms with Crippen LogP contribution in [0.2, 0.25) is 0 Å². The van der Waals surface area contributed by atoms with Crippen LogP contribution in [0, 0.1) is 0 Å². The molecule has 19 heavy (non-hydrogen) atoms. The van der Waals surface area contributed by atoms with E-state index in [0.29, 0.717) is 13.1 Å². The second-order valence-electron chi connectivity index (χ2n) is 5.38. The molecule has 1 aliphatic heterocycles.